The van der Waals surface area contributed by atoms with Crippen LogP contribution in [0.1, 0.15) is 23.2 Å². The Morgan fingerprint density at radius 1 is 1.24 bits per heavy atom. The number of hydrogen-bond donors (Lipinski definition) is 1. The number of nitrogens with zero attached hydrogens (tertiary/aromatic N) is 3. The molecule has 0 aliphatic carbocycles. The first kappa shape index (κ1) is 23.1. The Hall–Kier alpha value is -2.16. The van der Waals surface area contributed by atoms with Crippen molar-refractivity contribution in [3.63, 3.8) is 0 Å². The second-order valence-electron chi connectivity index (χ2n) is 7.44. The number of ether oxygens (including phenoxy) is 3. The van der Waals surface area contributed by atoms with Gasteiger partial charge in [-0.1, -0.05) is 0 Å². The molecule has 0 saturated carbocycles. The van der Waals surface area contributed by atoms with Crippen molar-refractivity contribution in [1.82, 2.24) is 15.1 Å². The van der Waals surface area contributed by atoms with Gasteiger partial charge < -0.3 is 29.3 Å². The van der Waals surface area contributed by atoms with E-state index in [0.29, 0.717) is 42.6 Å². The molecule has 1 aliphatic heterocycles. The third kappa shape index (κ3) is 7.30. The van der Waals surface area contributed by atoms with Crippen LogP contribution in [0.2, 0.25) is 0 Å². The van der Waals surface area contributed by atoms with Crippen molar-refractivity contribution in [2.75, 3.05) is 67.6 Å². The zero-order chi connectivity index (χ0) is 21.2. The molecule has 162 valence electrons. The second-order valence-corrected chi connectivity index (χ2v) is 7.44. The van der Waals surface area contributed by atoms with Crippen LogP contribution in [0.5, 0.6) is 11.5 Å². The van der Waals surface area contributed by atoms with Crippen LogP contribution in [0, 0.1) is 0 Å². The first-order chi connectivity index (χ1) is 13.9. The normalized spacial score (nSPS) is 14.8. The molecule has 1 aliphatic rings. The minimum atomic E-state index is -0.260. The van der Waals surface area contributed by atoms with E-state index in [9.17, 15) is 4.79 Å². The smallest absolute Gasteiger partial charge is 0.257 e. The summed E-state index contributed by atoms with van der Waals surface area (Å²) in [6.07, 6.45) is 1.56. The maximum Gasteiger partial charge on any atom is 0.257 e. The molecule has 0 atom stereocenters. The molecule has 1 fully saturated rings. The van der Waals surface area contributed by atoms with Gasteiger partial charge in [-0.15, -0.1) is 0 Å². The minimum Gasteiger partial charge on any atom is -0.492 e. The number of rotatable bonds is 11. The van der Waals surface area contributed by atoms with Gasteiger partial charge in [-0.25, -0.2) is 0 Å². The molecule has 1 saturated heterocycles. The lowest BCUT2D eigenvalue weighted by Gasteiger charge is -2.25. The van der Waals surface area contributed by atoms with Crippen molar-refractivity contribution in [1.29, 1.82) is 0 Å². The van der Waals surface area contributed by atoms with E-state index in [1.165, 1.54) is 0 Å². The van der Waals surface area contributed by atoms with Gasteiger partial charge in [-0.05, 0) is 27.9 Å². The summed E-state index contributed by atoms with van der Waals surface area (Å²) in [7, 11) is 7.77. The number of carbonyl (C=O) groups excluding carboxylic acids is 1. The van der Waals surface area contributed by atoms with Crippen LogP contribution < -0.4 is 14.8 Å². The van der Waals surface area contributed by atoms with Crippen molar-refractivity contribution >= 4 is 18.3 Å². The Balaban J connectivity index is 2.12. The zero-order valence-electron chi connectivity index (χ0n) is 18.1. The summed E-state index contributed by atoms with van der Waals surface area (Å²) in [4.78, 5) is 20.8. The molecule has 1 heterocycles. The molecule has 29 heavy (non-hydrogen) atoms. The van der Waals surface area contributed by atoms with Crippen LogP contribution >= 0.6 is 0 Å². The van der Waals surface area contributed by atoms with Crippen molar-refractivity contribution in [3.05, 3.63) is 17.7 Å². The van der Waals surface area contributed by atoms with E-state index < -0.39 is 0 Å². The molecule has 0 spiro atoms. The highest BCUT2D eigenvalue weighted by Crippen LogP contribution is 2.35. The summed E-state index contributed by atoms with van der Waals surface area (Å²) in [5.41, 5.74) is 0.828. The van der Waals surface area contributed by atoms with Crippen LogP contribution in [0.4, 0.5) is 5.69 Å². The summed E-state index contributed by atoms with van der Waals surface area (Å²) < 4.78 is 17.5. The highest BCUT2D eigenvalue weighted by atomic mass is 16.5. The fraction of sp³-hybridized carbons (Fsp3) is 0.619. The number of hydrogen-bond acceptors (Lipinski definition) is 7. The number of carbonyl (C=O) groups is 1. The van der Waals surface area contributed by atoms with Crippen LogP contribution in [-0.2, 0) is 4.74 Å². The largest absolute Gasteiger partial charge is 0.492 e. The van der Waals surface area contributed by atoms with Crippen LogP contribution in [0.3, 0.4) is 0 Å². The maximum atomic E-state index is 12.4. The van der Waals surface area contributed by atoms with Crippen molar-refractivity contribution in [2.24, 2.45) is 4.99 Å². The van der Waals surface area contributed by atoms with E-state index in [4.69, 9.17) is 14.2 Å². The highest BCUT2D eigenvalue weighted by molar-refractivity contribution is 6.02. The van der Waals surface area contributed by atoms with Crippen molar-refractivity contribution in [2.45, 2.75) is 18.9 Å². The fourth-order valence-electron chi connectivity index (χ4n) is 3.01. The van der Waals surface area contributed by atoms with Gasteiger partial charge in [0.05, 0.1) is 18.9 Å². The van der Waals surface area contributed by atoms with Gasteiger partial charge in [-0.2, -0.15) is 0 Å². The topological polar surface area (TPSA) is 75.6 Å². The van der Waals surface area contributed by atoms with Gasteiger partial charge in [0.25, 0.3) is 5.91 Å². The summed E-state index contributed by atoms with van der Waals surface area (Å²) in [5, 5.41) is 2.65. The SMILES string of the molecule is C=Nc1cc(OCCN(C)CCN(C)C)cc(OC2CCOCC2)c1C(=O)NC. The Labute approximate surface area is 173 Å². The first-order valence-electron chi connectivity index (χ1n) is 10.0. The van der Waals surface area contributed by atoms with E-state index >= 15 is 0 Å². The number of likely N-dealkylation sites (N-methyl/N-ethyl adjacent to an activating group) is 2. The fourth-order valence-corrected chi connectivity index (χ4v) is 3.01. The summed E-state index contributed by atoms with van der Waals surface area (Å²) >= 11 is 0. The number of amides is 1. The molecule has 1 amide bonds. The highest BCUT2D eigenvalue weighted by Gasteiger charge is 2.23. The van der Waals surface area contributed by atoms with Gasteiger partial charge in [0.1, 0.15) is 29.8 Å². The third-order valence-electron chi connectivity index (χ3n) is 4.81. The Morgan fingerprint density at radius 2 is 1.97 bits per heavy atom. The van der Waals surface area contributed by atoms with Gasteiger partial charge >= 0.3 is 0 Å². The van der Waals surface area contributed by atoms with E-state index in [-0.39, 0.29) is 12.0 Å². The molecule has 0 unspecified atom stereocenters. The molecule has 2 rings (SSSR count). The lowest BCUT2D eigenvalue weighted by molar-refractivity contribution is 0.0251. The number of benzene rings is 1. The molecular formula is C21H34N4O4. The quantitative estimate of drug-likeness (QED) is 0.565. The Kier molecular flexibility index (Phi) is 9.37. The summed E-state index contributed by atoms with van der Waals surface area (Å²) in [6, 6.07) is 3.50. The monoisotopic (exact) mass is 406 g/mol. The Bertz CT molecular complexity index is 675. The summed E-state index contributed by atoms with van der Waals surface area (Å²) in [5.74, 6) is 0.824. The van der Waals surface area contributed by atoms with E-state index in [1.54, 1.807) is 19.2 Å². The zero-order valence-corrected chi connectivity index (χ0v) is 18.1. The summed E-state index contributed by atoms with van der Waals surface area (Å²) in [6.45, 7) is 8.19. The molecular weight excluding hydrogens is 372 g/mol. The van der Waals surface area contributed by atoms with Gasteiger partial charge in [0.15, 0.2) is 0 Å². The van der Waals surface area contributed by atoms with Gasteiger partial charge in [0.2, 0.25) is 0 Å². The van der Waals surface area contributed by atoms with Crippen molar-refractivity contribution < 1.29 is 19.0 Å². The number of nitrogens with one attached hydrogen (secondary N) is 1. The number of aliphatic imine (C=N–C) groups is 1. The predicted octanol–water partition coefficient (Wildman–Crippen LogP) is 1.81. The lowest BCUT2D eigenvalue weighted by atomic mass is 10.1. The van der Waals surface area contributed by atoms with E-state index in [2.05, 4.69) is 48.0 Å². The third-order valence-corrected chi connectivity index (χ3v) is 4.81. The average Bonchev–Trinajstić information content (AvgIpc) is 2.72. The van der Waals surface area contributed by atoms with Gasteiger partial charge in [0, 0.05) is 51.7 Å². The van der Waals surface area contributed by atoms with E-state index in [1.807, 2.05) is 0 Å². The second kappa shape index (κ2) is 11.7. The molecule has 8 heteroatoms. The molecule has 1 N–H and O–H groups in total. The van der Waals surface area contributed by atoms with Gasteiger partial charge in [-0.3, -0.25) is 9.79 Å². The molecule has 0 aromatic heterocycles. The average molecular weight is 407 g/mol. The van der Waals surface area contributed by atoms with E-state index in [0.717, 1.165) is 32.5 Å². The standard InChI is InChI=1S/C21H34N4O4/c1-22-18-14-17(28-13-10-25(5)9-8-24(3)4)15-19(20(18)21(26)23-2)29-16-6-11-27-12-7-16/h14-16H,1,6-13H2,2-5H3,(H,23,26). The van der Waals surface area contributed by atoms with Crippen LogP contribution in [-0.4, -0.2) is 96.2 Å². The predicted molar refractivity (Wildman–Crippen MR) is 115 cm³/mol. The molecule has 0 radical (unpaired) electrons. The molecule has 1 aromatic rings. The van der Waals surface area contributed by atoms with Crippen LogP contribution in [0.15, 0.2) is 17.1 Å². The molecule has 1 aromatic carbocycles. The minimum absolute atomic E-state index is 0.00256. The lowest BCUT2D eigenvalue weighted by Crippen LogP contribution is -2.31. The maximum absolute atomic E-state index is 12.4. The van der Waals surface area contributed by atoms with Crippen molar-refractivity contribution in [3.8, 4) is 11.5 Å². The molecule has 8 nitrogen and oxygen atoms in total. The first-order valence-corrected chi connectivity index (χ1v) is 10.0. The Morgan fingerprint density at radius 3 is 2.59 bits per heavy atom. The van der Waals surface area contributed by atoms with Crippen LogP contribution in [0.25, 0.3) is 0 Å². The molecule has 0 bridgehead atoms.